The minimum absolute atomic E-state index is 0.0399. The summed E-state index contributed by atoms with van der Waals surface area (Å²) in [7, 11) is 0. The smallest absolute Gasteiger partial charge is 0.303 e. The van der Waals surface area contributed by atoms with Crippen molar-refractivity contribution < 1.29 is 129 Å². The van der Waals surface area contributed by atoms with Crippen molar-refractivity contribution in [2.24, 2.45) is 10.4 Å². The highest BCUT2D eigenvalue weighted by Crippen LogP contribution is 2.43. The number of isothiocyanates is 1. The Hall–Kier alpha value is -5.63. The van der Waals surface area contributed by atoms with Crippen molar-refractivity contribution in [3.8, 4) is 0 Å². The molecule has 3 aliphatic heterocycles. The van der Waals surface area contributed by atoms with E-state index in [2.05, 4.69) is 10.2 Å². The van der Waals surface area contributed by atoms with Crippen LogP contribution in [0.3, 0.4) is 0 Å². The zero-order valence-electron chi connectivity index (χ0n) is 52.1. The van der Waals surface area contributed by atoms with E-state index in [1.807, 2.05) is 0 Å². The van der Waals surface area contributed by atoms with E-state index < -0.39 is 163 Å². The summed E-state index contributed by atoms with van der Waals surface area (Å²) in [5.41, 5.74) is -1.10. The van der Waals surface area contributed by atoms with Gasteiger partial charge in [-0.3, -0.25) is 57.5 Å². The predicted molar refractivity (Wildman–Crippen MR) is 318 cm³/mol. The van der Waals surface area contributed by atoms with E-state index >= 15 is 0 Å². The molecule has 0 aliphatic carbocycles. The van der Waals surface area contributed by atoms with Gasteiger partial charge in [0.25, 0.3) is 0 Å². The molecule has 15 atom stereocenters. The standard InChI is InChI=1S/C57H83NO27S4/c1-30(59)74-22-45-51(80-36(7)65)54(83-39(10)68)48(77-33(4)62)42(87-45)16-13-19-71-26-57(25-58-29-86,27-72-20-14-17-43-49(78-34(5)63)55(84-40(11)69)52(81-37(8)66)46(88-43)23-75-31(2)60)28-73-21-15-18-44-50(79-35(6)64)56(85-41(12)70)53(82-38(9)67)47(89-44)24-76-32(3)61/h42-56H,13-28H2,1-12H3/t42-,43-,44-,45+,46+,47+,48-,49-,50-,51-,52-,53-,54-,55-,56-/m1/s1. The maximum absolute atomic E-state index is 12.6. The van der Waals surface area contributed by atoms with Gasteiger partial charge in [0.2, 0.25) is 0 Å². The highest BCUT2D eigenvalue weighted by molar-refractivity contribution is 8.01. The molecule has 0 radical (unpaired) electrons. The van der Waals surface area contributed by atoms with Gasteiger partial charge in [-0.25, -0.2) is 4.99 Å². The van der Waals surface area contributed by atoms with Crippen LogP contribution in [0.15, 0.2) is 4.99 Å². The molecule has 0 aromatic rings. The topological polar surface area (TPSA) is 356 Å². The van der Waals surface area contributed by atoms with Crippen molar-refractivity contribution in [2.75, 3.05) is 66.0 Å². The summed E-state index contributed by atoms with van der Waals surface area (Å²) in [6.07, 6.45) is -8.97. The zero-order valence-corrected chi connectivity index (χ0v) is 55.3. The molecule has 3 heterocycles. The summed E-state index contributed by atoms with van der Waals surface area (Å²) in [6.45, 7) is 13.3. The summed E-state index contributed by atoms with van der Waals surface area (Å²) in [5, 5.41) is -1.69. The number of thioether (sulfide) groups is 3. The lowest BCUT2D eigenvalue weighted by Crippen LogP contribution is -2.58. The predicted octanol–water partition coefficient (Wildman–Crippen LogP) is 3.99. The van der Waals surface area contributed by atoms with Gasteiger partial charge in [0.15, 0.2) is 54.9 Å². The maximum Gasteiger partial charge on any atom is 0.303 e. The van der Waals surface area contributed by atoms with Crippen LogP contribution in [-0.2, 0) is 129 Å². The Morgan fingerprint density at radius 2 is 0.551 bits per heavy atom. The van der Waals surface area contributed by atoms with E-state index in [-0.39, 0.29) is 85.3 Å². The molecule has 89 heavy (non-hydrogen) atoms. The van der Waals surface area contributed by atoms with Gasteiger partial charge in [-0.05, 0) is 50.7 Å². The SMILES string of the molecule is CC(=O)OC[C@@H]1S[C@H](CCCOCC(CN=C=S)(COCCC[C@H]2S[C@@H](COC(C)=O)[C@@H](OC(C)=O)[C@H](OC(C)=O)[C@@H]2OC(C)=O)COCCC[C@H]2S[C@@H](COC(C)=O)[C@@H](OC(C)=O)[C@H](OC(C)=O)[C@@H]2OC(C)=O)[C@@H](OC(C)=O)[C@@H](OC(C)=O)[C@@H]1OC(C)=O. The van der Waals surface area contributed by atoms with Crippen LogP contribution in [0.2, 0.25) is 0 Å². The van der Waals surface area contributed by atoms with Crippen LogP contribution >= 0.6 is 47.5 Å². The summed E-state index contributed by atoms with van der Waals surface area (Å²) in [6, 6.07) is 0. The third-order valence-corrected chi connectivity index (χ3v) is 18.2. The van der Waals surface area contributed by atoms with Crippen LogP contribution < -0.4 is 0 Å². The molecule has 0 aromatic carbocycles. The van der Waals surface area contributed by atoms with Gasteiger partial charge in [0.1, 0.15) is 19.8 Å². The molecule has 0 amide bonds. The van der Waals surface area contributed by atoms with Gasteiger partial charge in [-0.15, -0.1) is 35.3 Å². The third kappa shape index (κ3) is 28.2. The molecular formula is C57H83NO27S4. The van der Waals surface area contributed by atoms with E-state index in [1.54, 1.807) is 0 Å². The molecular weight excluding hydrogens is 1260 g/mol. The first-order valence-electron chi connectivity index (χ1n) is 28.6. The normalized spacial score (nSPS) is 26.4. The molecule has 28 nitrogen and oxygen atoms in total. The summed E-state index contributed by atoms with van der Waals surface area (Å²) >= 11 is 8.71. The van der Waals surface area contributed by atoms with Crippen LogP contribution in [-0.4, -0.2) is 229 Å². The number of ether oxygens (including phenoxy) is 15. The number of hydrogen-bond acceptors (Lipinski definition) is 32. The minimum atomic E-state index is -1.28. The van der Waals surface area contributed by atoms with E-state index in [0.29, 0.717) is 19.3 Å². The molecule has 3 rings (SSSR count). The zero-order chi connectivity index (χ0) is 66.5. The molecule has 3 fully saturated rings. The Kier molecular flexibility index (Phi) is 34.5. The molecule has 0 saturated carbocycles. The van der Waals surface area contributed by atoms with Crippen molar-refractivity contribution in [3.63, 3.8) is 0 Å². The number of rotatable bonds is 35. The first-order chi connectivity index (χ1) is 41.9. The van der Waals surface area contributed by atoms with E-state index in [4.69, 9.17) is 83.3 Å². The Balaban J connectivity index is 1.97. The van der Waals surface area contributed by atoms with Crippen molar-refractivity contribution in [3.05, 3.63) is 0 Å². The van der Waals surface area contributed by atoms with Gasteiger partial charge in [0, 0.05) is 119 Å². The number of carbonyl (C=O) groups excluding carboxylic acids is 12. The van der Waals surface area contributed by atoms with Gasteiger partial charge in [-0.1, -0.05) is 0 Å². The first-order valence-corrected chi connectivity index (χ1v) is 31.9. The molecule has 0 bridgehead atoms. The molecule has 0 aromatic heterocycles. The van der Waals surface area contributed by atoms with E-state index in [9.17, 15) is 57.5 Å². The number of carbonyl (C=O) groups is 12. The molecule has 502 valence electrons. The number of nitrogens with zero attached hydrogens (tertiary/aromatic N) is 1. The van der Waals surface area contributed by atoms with E-state index in [0.717, 1.165) is 41.5 Å². The van der Waals surface area contributed by atoms with Gasteiger partial charge in [-0.2, -0.15) is 0 Å². The molecule has 3 saturated heterocycles. The average Bonchev–Trinajstić information content (AvgIpc) is 1.95. The number of hydrogen-bond donors (Lipinski definition) is 0. The molecule has 32 heteroatoms. The Bertz CT molecular complexity index is 2230. The van der Waals surface area contributed by atoms with E-state index in [1.165, 1.54) is 76.8 Å². The number of aliphatic imine (C=N–C) groups is 1. The summed E-state index contributed by atoms with van der Waals surface area (Å²) in [5.74, 6) is -8.35. The molecule has 0 N–H and O–H groups in total. The fraction of sp³-hybridized carbons (Fsp3) is 0.772. The Labute approximate surface area is 534 Å². The van der Waals surface area contributed by atoms with Gasteiger partial charge in [0.05, 0.1) is 52.7 Å². The minimum Gasteiger partial charge on any atom is -0.465 e. The summed E-state index contributed by atoms with van der Waals surface area (Å²) < 4.78 is 86.1. The quantitative estimate of drug-likeness (QED) is 0.0284. The molecule has 0 spiro atoms. The molecule has 0 unspecified atom stereocenters. The Morgan fingerprint density at radius 1 is 0.337 bits per heavy atom. The number of thiocarbonyl (C=S) groups is 1. The van der Waals surface area contributed by atoms with Crippen LogP contribution in [0, 0.1) is 5.41 Å². The highest BCUT2D eigenvalue weighted by atomic mass is 32.2. The lowest BCUT2D eigenvalue weighted by molar-refractivity contribution is -0.186. The number of esters is 12. The molecule has 3 aliphatic rings. The van der Waals surface area contributed by atoms with Crippen molar-refractivity contribution in [1.82, 2.24) is 0 Å². The van der Waals surface area contributed by atoms with Crippen LogP contribution in [0.1, 0.15) is 122 Å². The van der Waals surface area contributed by atoms with Crippen molar-refractivity contribution in [1.29, 1.82) is 0 Å². The second-order valence-electron chi connectivity index (χ2n) is 21.2. The second kappa shape index (κ2) is 39.6. The van der Waals surface area contributed by atoms with Crippen LogP contribution in [0.5, 0.6) is 0 Å². The summed E-state index contributed by atoms with van der Waals surface area (Å²) in [4.78, 5) is 152. The monoisotopic (exact) mass is 1340 g/mol. The van der Waals surface area contributed by atoms with Crippen LogP contribution in [0.4, 0.5) is 0 Å². The highest BCUT2D eigenvalue weighted by Gasteiger charge is 2.54. The largest absolute Gasteiger partial charge is 0.465 e. The maximum atomic E-state index is 12.6. The fourth-order valence-corrected chi connectivity index (χ4v) is 15.1. The second-order valence-corrected chi connectivity index (χ2v) is 25.8. The third-order valence-electron chi connectivity index (χ3n) is 13.3. The Morgan fingerprint density at radius 3 is 0.753 bits per heavy atom. The first kappa shape index (κ1) is 77.6. The lowest BCUT2D eigenvalue weighted by Gasteiger charge is -2.44. The van der Waals surface area contributed by atoms with Gasteiger partial charge < -0.3 is 71.1 Å². The fourth-order valence-electron chi connectivity index (χ4n) is 10.1. The van der Waals surface area contributed by atoms with Crippen LogP contribution in [0.25, 0.3) is 0 Å². The average molecular weight is 1340 g/mol. The lowest BCUT2D eigenvalue weighted by atomic mass is 9.91. The van der Waals surface area contributed by atoms with Gasteiger partial charge >= 0.3 is 71.6 Å². The van der Waals surface area contributed by atoms with Crippen molar-refractivity contribution >= 4 is 124 Å². The van der Waals surface area contributed by atoms with Crippen molar-refractivity contribution in [2.45, 2.75) is 208 Å².